The first-order valence-electron chi connectivity index (χ1n) is 7.03. The van der Waals surface area contributed by atoms with Crippen LogP contribution in [0.5, 0.6) is 0 Å². The van der Waals surface area contributed by atoms with Crippen molar-refractivity contribution in [3.05, 3.63) is 83.7 Å². The predicted octanol–water partition coefficient (Wildman–Crippen LogP) is 2.73. The van der Waals surface area contributed by atoms with Crippen molar-refractivity contribution in [2.24, 2.45) is 0 Å². The van der Waals surface area contributed by atoms with Gasteiger partial charge in [0.25, 0.3) is 0 Å². The van der Waals surface area contributed by atoms with Gasteiger partial charge in [0.05, 0.1) is 5.41 Å². The van der Waals surface area contributed by atoms with Crippen molar-refractivity contribution in [3.63, 3.8) is 0 Å². The molecule has 0 saturated heterocycles. The first-order valence-corrected chi connectivity index (χ1v) is 7.03. The van der Waals surface area contributed by atoms with Crippen LogP contribution in [-0.2, 0) is 10.2 Å². The molecule has 0 bridgehead atoms. The van der Waals surface area contributed by atoms with E-state index >= 15 is 0 Å². The van der Waals surface area contributed by atoms with Crippen molar-refractivity contribution in [2.75, 3.05) is 7.11 Å². The van der Waals surface area contributed by atoms with Gasteiger partial charge in [0.1, 0.15) is 6.10 Å². The molecule has 1 aromatic heterocycles. The fourth-order valence-electron chi connectivity index (χ4n) is 2.72. The summed E-state index contributed by atoms with van der Waals surface area (Å²) in [4.78, 5) is 0. The van der Waals surface area contributed by atoms with Crippen LogP contribution >= 0.6 is 0 Å². The number of aromatic nitrogens is 4. The number of tetrazole rings is 1. The molecule has 0 spiro atoms. The van der Waals surface area contributed by atoms with Crippen LogP contribution in [0.15, 0.2) is 60.7 Å². The average Bonchev–Trinajstić information content (AvgIpc) is 3.12. The van der Waals surface area contributed by atoms with Gasteiger partial charge >= 0.3 is 0 Å². The second-order valence-corrected chi connectivity index (χ2v) is 5.14. The molecule has 1 heterocycles. The highest BCUT2D eigenvalue weighted by atomic mass is 16.5. The van der Waals surface area contributed by atoms with Crippen LogP contribution in [0.4, 0.5) is 0 Å². The summed E-state index contributed by atoms with van der Waals surface area (Å²) < 4.78 is 5.78. The van der Waals surface area contributed by atoms with Gasteiger partial charge in [-0.15, -0.1) is 5.10 Å². The maximum Gasteiger partial charge on any atom is 0.162 e. The zero-order valence-electron chi connectivity index (χ0n) is 12.5. The summed E-state index contributed by atoms with van der Waals surface area (Å²) in [6, 6.07) is 20.1. The van der Waals surface area contributed by atoms with E-state index in [-0.39, 0.29) is 0 Å². The molecule has 1 unspecified atom stereocenters. The van der Waals surface area contributed by atoms with Gasteiger partial charge in [0.15, 0.2) is 5.82 Å². The Kier molecular flexibility index (Phi) is 3.98. The fourth-order valence-corrected chi connectivity index (χ4v) is 2.72. The molecule has 1 radical (unpaired) electrons. The van der Waals surface area contributed by atoms with Crippen LogP contribution in [0.3, 0.4) is 0 Å². The molecule has 0 aliphatic heterocycles. The molecule has 111 valence electrons. The molecule has 0 fully saturated rings. The van der Waals surface area contributed by atoms with Gasteiger partial charge in [0, 0.05) is 7.11 Å². The number of aromatic amines is 1. The number of rotatable bonds is 5. The lowest BCUT2D eigenvalue weighted by Gasteiger charge is -2.34. The highest BCUT2D eigenvalue weighted by Gasteiger charge is 2.43. The minimum Gasteiger partial charge on any atom is -0.369 e. The third-order valence-corrected chi connectivity index (χ3v) is 3.86. The Hall–Kier alpha value is -2.53. The zero-order valence-corrected chi connectivity index (χ0v) is 12.5. The van der Waals surface area contributed by atoms with Gasteiger partial charge in [-0.3, -0.25) is 0 Å². The van der Waals surface area contributed by atoms with E-state index in [1.54, 1.807) is 7.11 Å². The minimum atomic E-state index is -0.610. The van der Waals surface area contributed by atoms with Crippen molar-refractivity contribution in [3.8, 4) is 0 Å². The second kappa shape index (κ2) is 6.07. The van der Waals surface area contributed by atoms with Gasteiger partial charge in [-0.25, -0.2) is 5.10 Å². The number of ether oxygens (including phenoxy) is 1. The van der Waals surface area contributed by atoms with Gasteiger partial charge in [-0.1, -0.05) is 60.7 Å². The lowest BCUT2D eigenvalue weighted by molar-refractivity contribution is 0.175. The average molecular weight is 293 g/mol. The van der Waals surface area contributed by atoms with Crippen LogP contribution in [0.25, 0.3) is 0 Å². The second-order valence-electron chi connectivity index (χ2n) is 5.14. The molecule has 0 saturated carbocycles. The molecule has 3 rings (SSSR count). The summed E-state index contributed by atoms with van der Waals surface area (Å²) in [7, 11) is 1.67. The minimum absolute atomic E-state index is 0.610. The van der Waals surface area contributed by atoms with E-state index in [1.807, 2.05) is 60.7 Å². The quantitative estimate of drug-likeness (QED) is 0.785. The van der Waals surface area contributed by atoms with Crippen molar-refractivity contribution >= 4 is 0 Å². The normalized spacial score (nSPS) is 14.0. The maximum atomic E-state index is 5.78. The van der Waals surface area contributed by atoms with Crippen LogP contribution in [0.1, 0.15) is 23.9 Å². The number of hydrogen-bond acceptors (Lipinski definition) is 4. The van der Waals surface area contributed by atoms with Crippen molar-refractivity contribution < 1.29 is 4.74 Å². The van der Waals surface area contributed by atoms with Crippen molar-refractivity contribution in [1.29, 1.82) is 0 Å². The maximum absolute atomic E-state index is 5.78. The number of H-pyrrole nitrogens is 1. The van der Waals surface area contributed by atoms with E-state index in [2.05, 4.69) is 27.5 Å². The third kappa shape index (κ3) is 2.40. The summed E-state index contributed by atoms with van der Waals surface area (Å²) in [6.45, 7) is 2.05. The summed E-state index contributed by atoms with van der Waals surface area (Å²) in [5.74, 6) is 0.638. The van der Waals surface area contributed by atoms with Gasteiger partial charge in [0.2, 0.25) is 0 Å². The summed E-state index contributed by atoms with van der Waals surface area (Å²) >= 11 is 0. The molecule has 0 aliphatic rings. The van der Waals surface area contributed by atoms with E-state index in [1.165, 1.54) is 0 Å². The van der Waals surface area contributed by atoms with Crippen LogP contribution in [0, 0.1) is 6.10 Å². The zero-order chi connectivity index (χ0) is 15.4. The first kappa shape index (κ1) is 14.4. The molecule has 0 amide bonds. The number of benzene rings is 2. The number of hydrogen-bond donors (Lipinski definition) is 1. The molecule has 2 aromatic carbocycles. The molecule has 5 nitrogen and oxygen atoms in total. The number of nitrogens with one attached hydrogen (secondary N) is 1. The van der Waals surface area contributed by atoms with Crippen molar-refractivity contribution in [1.82, 2.24) is 20.6 Å². The number of methoxy groups -OCH3 is 1. The van der Waals surface area contributed by atoms with E-state index in [9.17, 15) is 0 Å². The van der Waals surface area contributed by atoms with Gasteiger partial charge in [-0.2, -0.15) is 0 Å². The monoisotopic (exact) mass is 293 g/mol. The number of nitrogens with zero attached hydrogens (tertiary/aromatic N) is 3. The van der Waals surface area contributed by atoms with Crippen LogP contribution < -0.4 is 0 Å². The molecule has 3 aromatic rings. The topological polar surface area (TPSA) is 63.7 Å². The van der Waals surface area contributed by atoms with Crippen LogP contribution in [0.2, 0.25) is 0 Å². The molecular weight excluding hydrogens is 276 g/mol. The lowest BCUT2D eigenvalue weighted by atomic mass is 9.74. The molecule has 5 heteroatoms. The van der Waals surface area contributed by atoms with Gasteiger partial charge < -0.3 is 4.74 Å². The van der Waals surface area contributed by atoms with E-state index in [0.717, 1.165) is 17.2 Å². The van der Waals surface area contributed by atoms with Gasteiger partial charge in [-0.05, 0) is 28.5 Å². The molecular formula is C17H17N4O. The Morgan fingerprint density at radius 1 is 1.00 bits per heavy atom. The Morgan fingerprint density at radius 2 is 1.64 bits per heavy atom. The third-order valence-electron chi connectivity index (χ3n) is 3.86. The summed E-state index contributed by atoms with van der Waals surface area (Å²) in [5, 5.41) is 14.5. The van der Waals surface area contributed by atoms with E-state index < -0.39 is 5.41 Å². The highest BCUT2D eigenvalue weighted by Crippen LogP contribution is 2.42. The summed E-state index contributed by atoms with van der Waals surface area (Å²) in [5.41, 5.74) is 1.43. The Bertz CT molecular complexity index is 700. The lowest BCUT2D eigenvalue weighted by Crippen LogP contribution is -2.35. The Morgan fingerprint density at radius 3 is 2.18 bits per heavy atom. The Labute approximate surface area is 129 Å². The predicted molar refractivity (Wildman–Crippen MR) is 82.9 cm³/mol. The largest absolute Gasteiger partial charge is 0.369 e. The molecule has 1 N–H and O–H groups in total. The van der Waals surface area contributed by atoms with Crippen molar-refractivity contribution in [2.45, 2.75) is 12.3 Å². The SMILES string of the molecule is CO[C](c1ccccc1)C(C)(c1ccccc1)c1nnn[nH]1. The Balaban J connectivity index is 2.17. The first-order chi connectivity index (χ1) is 10.8. The fraction of sp³-hybridized carbons (Fsp3) is 0.176. The van der Waals surface area contributed by atoms with E-state index in [4.69, 9.17) is 4.74 Å². The standard InChI is InChI=1S/C17H17N4O/c1-17(16-18-20-21-19-16,14-11-7-4-8-12-14)15(22-2)13-9-5-3-6-10-13/h3-12H,1-2H3,(H,18,19,20,21). The van der Waals surface area contributed by atoms with E-state index in [0.29, 0.717) is 5.82 Å². The highest BCUT2D eigenvalue weighted by molar-refractivity contribution is 5.45. The summed E-state index contributed by atoms with van der Waals surface area (Å²) in [6.07, 6.45) is 0.790. The molecule has 22 heavy (non-hydrogen) atoms. The molecule has 1 atom stereocenters. The molecule has 0 aliphatic carbocycles. The van der Waals surface area contributed by atoms with Crippen LogP contribution in [-0.4, -0.2) is 27.7 Å². The smallest absolute Gasteiger partial charge is 0.162 e.